The van der Waals surface area contributed by atoms with Crippen LogP contribution in [0.15, 0.2) is 31.8 Å². The highest BCUT2D eigenvalue weighted by Crippen LogP contribution is 2.36. The molecule has 0 spiro atoms. The van der Waals surface area contributed by atoms with E-state index in [1.807, 2.05) is 0 Å². The topological polar surface area (TPSA) is 73.4 Å². The van der Waals surface area contributed by atoms with Crippen molar-refractivity contribution in [1.82, 2.24) is 10.2 Å². The van der Waals surface area contributed by atoms with Crippen LogP contribution in [0.5, 0.6) is 0 Å². The number of nitrogens with zero attached hydrogens (tertiary/aromatic N) is 4. The van der Waals surface area contributed by atoms with Crippen molar-refractivity contribution in [3.8, 4) is 12.1 Å². The fourth-order valence-corrected chi connectivity index (χ4v) is 4.77. The van der Waals surface area contributed by atoms with E-state index in [1.54, 1.807) is 30.0 Å². The molecule has 0 unspecified atom stereocenters. The molecule has 0 aliphatic rings. The first-order valence-electron chi connectivity index (χ1n) is 6.35. The fraction of sp³-hybridized carbons (Fsp3) is 0.286. The van der Waals surface area contributed by atoms with E-state index in [0.717, 1.165) is 27.3 Å². The molecule has 0 amide bonds. The van der Waals surface area contributed by atoms with Crippen LogP contribution in [0.25, 0.3) is 0 Å². The molecule has 1 heterocycles. The molecule has 0 N–H and O–H groups in total. The normalized spacial score (nSPS) is 10.0. The number of thioether (sulfide) groups is 1. The van der Waals surface area contributed by atoms with Gasteiger partial charge in [-0.25, -0.2) is 0 Å². The molecule has 1 aromatic heterocycles. The molecule has 0 aliphatic carbocycles. The third kappa shape index (κ3) is 4.21. The van der Waals surface area contributed by atoms with Gasteiger partial charge in [0.2, 0.25) is 0 Å². The Balaban J connectivity index is 2.16. The first-order valence-corrected chi connectivity index (χ1v) is 8.97. The van der Waals surface area contributed by atoms with Crippen LogP contribution < -0.4 is 0 Å². The molecule has 0 radical (unpaired) electrons. The van der Waals surface area contributed by atoms with Crippen LogP contribution in [-0.2, 0) is 0 Å². The van der Waals surface area contributed by atoms with E-state index in [2.05, 4.69) is 29.3 Å². The van der Waals surface area contributed by atoms with Crippen LogP contribution in [0.2, 0.25) is 0 Å². The SMILES string of the molecule is CCCCSc1nnc(Sc2c(C#N)cccc2C#N)s1. The summed E-state index contributed by atoms with van der Waals surface area (Å²) in [5, 5.41) is 26.6. The average Bonchev–Trinajstić information content (AvgIpc) is 2.95. The number of nitriles is 2. The average molecular weight is 332 g/mol. The smallest absolute Gasteiger partial charge is 0.179 e. The monoisotopic (exact) mass is 332 g/mol. The number of aromatic nitrogens is 2. The van der Waals surface area contributed by atoms with Gasteiger partial charge in [-0.15, -0.1) is 10.2 Å². The lowest BCUT2D eigenvalue weighted by Crippen LogP contribution is -1.86. The summed E-state index contributed by atoms with van der Waals surface area (Å²) in [7, 11) is 0. The van der Waals surface area contributed by atoms with Gasteiger partial charge in [0.25, 0.3) is 0 Å². The van der Waals surface area contributed by atoms with Crippen molar-refractivity contribution in [1.29, 1.82) is 10.5 Å². The van der Waals surface area contributed by atoms with E-state index in [9.17, 15) is 0 Å². The largest absolute Gasteiger partial charge is 0.192 e. The van der Waals surface area contributed by atoms with Gasteiger partial charge in [-0.3, -0.25) is 0 Å². The molecular formula is C14H12N4S3. The highest BCUT2D eigenvalue weighted by Gasteiger charge is 2.13. The maximum absolute atomic E-state index is 9.16. The van der Waals surface area contributed by atoms with Crippen molar-refractivity contribution in [3.05, 3.63) is 29.3 Å². The number of hydrogen-bond donors (Lipinski definition) is 0. The van der Waals surface area contributed by atoms with Gasteiger partial charge in [-0.05, 0) is 18.6 Å². The minimum Gasteiger partial charge on any atom is -0.192 e. The van der Waals surface area contributed by atoms with E-state index < -0.39 is 0 Å². The van der Waals surface area contributed by atoms with Crippen LogP contribution in [0.4, 0.5) is 0 Å². The Morgan fingerprint density at radius 1 is 1.14 bits per heavy atom. The Bertz CT molecular complexity index is 665. The molecule has 0 saturated heterocycles. The van der Waals surface area contributed by atoms with Crippen molar-refractivity contribution in [2.24, 2.45) is 0 Å². The van der Waals surface area contributed by atoms with Gasteiger partial charge in [-0.2, -0.15) is 10.5 Å². The molecule has 0 atom stereocenters. The second kappa shape index (κ2) is 8.04. The standard InChI is InChI=1S/C14H12N4S3/c1-2-3-7-19-13-17-18-14(21-13)20-12-10(8-15)5-4-6-11(12)9-16/h4-6H,2-3,7H2,1H3. The molecule has 1 aromatic carbocycles. The molecule has 7 heteroatoms. The van der Waals surface area contributed by atoms with E-state index in [0.29, 0.717) is 16.0 Å². The molecule has 21 heavy (non-hydrogen) atoms. The summed E-state index contributed by atoms with van der Waals surface area (Å²) in [6.07, 6.45) is 2.32. The molecule has 0 bridgehead atoms. The van der Waals surface area contributed by atoms with Gasteiger partial charge in [-0.1, -0.05) is 54.3 Å². The van der Waals surface area contributed by atoms with Crippen LogP contribution in [-0.4, -0.2) is 16.0 Å². The predicted molar refractivity (Wildman–Crippen MR) is 85.5 cm³/mol. The third-order valence-corrected chi connectivity index (χ3v) is 5.89. The molecule has 4 nitrogen and oxygen atoms in total. The summed E-state index contributed by atoms with van der Waals surface area (Å²) in [6.45, 7) is 2.16. The van der Waals surface area contributed by atoms with Gasteiger partial charge < -0.3 is 0 Å². The summed E-state index contributed by atoms with van der Waals surface area (Å²) < 4.78 is 1.69. The van der Waals surface area contributed by atoms with Crippen LogP contribution in [0.3, 0.4) is 0 Å². The van der Waals surface area contributed by atoms with Crippen molar-refractivity contribution < 1.29 is 0 Å². The molecule has 106 valence electrons. The number of rotatable bonds is 6. The van der Waals surface area contributed by atoms with Crippen molar-refractivity contribution in [2.75, 3.05) is 5.75 Å². The minimum atomic E-state index is 0.495. The molecule has 0 saturated carbocycles. The predicted octanol–water partition coefficient (Wildman–Crippen LogP) is 4.32. The van der Waals surface area contributed by atoms with E-state index >= 15 is 0 Å². The quantitative estimate of drug-likeness (QED) is 0.579. The van der Waals surface area contributed by atoms with Gasteiger partial charge in [0.15, 0.2) is 8.68 Å². The highest BCUT2D eigenvalue weighted by atomic mass is 32.2. The van der Waals surface area contributed by atoms with Crippen LogP contribution >= 0.6 is 34.9 Å². The summed E-state index contributed by atoms with van der Waals surface area (Å²) in [5.41, 5.74) is 0.990. The molecule has 2 aromatic rings. The zero-order chi connectivity index (χ0) is 15.1. The molecule has 2 rings (SSSR count). The molecule has 0 fully saturated rings. The van der Waals surface area contributed by atoms with E-state index in [-0.39, 0.29) is 0 Å². The van der Waals surface area contributed by atoms with Crippen molar-refractivity contribution in [3.63, 3.8) is 0 Å². The lowest BCUT2D eigenvalue weighted by atomic mass is 10.1. The summed E-state index contributed by atoms with van der Waals surface area (Å²) in [5.74, 6) is 1.04. The second-order valence-electron chi connectivity index (χ2n) is 4.04. The van der Waals surface area contributed by atoms with E-state index in [4.69, 9.17) is 10.5 Å². The Morgan fingerprint density at radius 3 is 2.43 bits per heavy atom. The number of unbranched alkanes of at least 4 members (excludes halogenated alkanes) is 1. The first-order chi connectivity index (χ1) is 10.3. The van der Waals surface area contributed by atoms with Gasteiger partial charge in [0, 0.05) is 5.75 Å². The first kappa shape index (κ1) is 15.8. The Labute approximate surface area is 136 Å². The van der Waals surface area contributed by atoms with Gasteiger partial charge in [0.05, 0.1) is 16.0 Å². The summed E-state index contributed by atoms with van der Waals surface area (Å²) >= 11 is 4.54. The molecule has 0 aliphatic heterocycles. The van der Waals surface area contributed by atoms with Crippen LogP contribution in [0.1, 0.15) is 30.9 Å². The highest BCUT2D eigenvalue weighted by molar-refractivity contribution is 8.03. The Hall–Kier alpha value is -1.54. The second-order valence-corrected chi connectivity index (χ2v) is 7.62. The Kier molecular flexibility index (Phi) is 6.06. The minimum absolute atomic E-state index is 0.495. The number of benzene rings is 1. The maximum Gasteiger partial charge on any atom is 0.179 e. The summed E-state index contributed by atoms with van der Waals surface area (Å²) in [6, 6.07) is 9.37. The third-order valence-electron chi connectivity index (χ3n) is 2.56. The lowest BCUT2D eigenvalue weighted by Gasteiger charge is -2.02. The van der Waals surface area contributed by atoms with E-state index in [1.165, 1.54) is 23.1 Å². The Morgan fingerprint density at radius 2 is 1.81 bits per heavy atom. The van der Waals surface area contributed by atoms with Gasteiger partial charge in [0.1, 0.15) is 12.1 Å². The zero-order valence-electron chi connectivity index (χ0n) is 11.4. The van der Waals surface area contributed by atoms with Crippen molar-refractivity contribution >= 4 is 34.9 Å². The zero-order valence-corrected chi connectivity index (χ0v) is 13.8. The number of hydrogen-bond acceptors (Lipinski definition) is 7. The van der Waals surface area contributed by atoms with Gasteiger partial charge >= 0.3 is 0 Å². The lowest BCUT2D eigenvalue weighted by molar-refractivity contribution is 0.892. The van der Waals surface area contributed by atoms with Crippen molar-refractivity contribution in [2.45, 2.75) is 33.3 Å². The van der Waals surface area contributed by atoms with Crippen LogP contribution in [0, 0.1) is 22.7 Å². The molecular weight excluding hydrogens is 320 g/mol. The maximum atomic E-state index is 9.16. The summed E-state index contributed by atoms with van der Waals surface area (Å²) in [4.78, 5) is 0.656. The fourth-order valence-electron chi connectivity index (χ4n) is 1.51.